The Morgan fingerprint density at radius 2 is 1.61 bits per heavy atom. The van der Waals surface area contributed by atoms with E-state index < -0.39 is 5.91 Å². The lowest BCUT2D eigenvalue weighted by Gasteiger charge is -2.22. The molecule has 0 heterocycles. The summed E-state index contributed by atoms with van der Waals surface area (Å²) in [6.45, 7) is -0.159. The number of methoxy groups -OCH3 is 2. The third-order valence-electron chi connectivity index (χ3n) is 4.18. The summed E-state index contributed by atoms with van der Waals surface area (Å²) in [5.41, 5.74) is 0.579. The molecule has 0 saturated carbocycles. The SMILES string of the molecule is COCCN(CC(=O)NCC(=O)Nc1ccc(OC)cc1)C(=O)COc1ccccc1. The molecule has 2 rings (SSSR count). The number of benzene rings is 2. The van der Waals surface area contributed by atoms with E-state index in [1.165, 1.54) is 12.0 Å². The smallest absolute Gasteiger partial charge is 0.261 e. The number of carbonyl (C=O) groups is 3. The number of hydrogen-bond donors (Lipinski definition) is 2. The molecule has 0 radical (unpaired) electrons. The molecule has 0 unspecified atom stereocenters. The number of ether oxygens (including phenoxy) is 3. The number of hydrogen-bond acceptors (Lipinski definition) is 6. The summed E-state index contributed by atoms with van der Waals surface area (Å²) in [4.78, 5) is 38.1. The number of nitrogens with one attached hydrogen (secondary N) is 2. The fraction of sp³-hybridized carbons (Fsp3) is 0.318. The van der Waals surface area contributed by atoms with E-state index >= 15 is 0 Å². The van der Waals surface area contributed by atoms with Crippen LogP contribution < -0.4 is 20.1 Å². The molecule has 9 nitrogen and oxygen atoms in total. The zero-order chi connectivity index (χ0) is 22.5. The summed E-state index contributed by atoms with van der Waals surface area (Å²) in [6, 6.07) is 15.7. The molecular weight excluding hydrogens is 402 g/mol. The second kappa shape index (κ2) is 12.9. The average Bonchev–Trinajstić information content (AvgIpc) is 2.80. The van der Waals surface area contributed by atoms with Crippen LogP contribution in [0.1, 0.15) is 0 Å². The van der Waals surface area contributed by atoms with Crippen LogP contribution in [0.3, 0.4) is 0 Å². The van der Waals surface area contributed by atoms with Crippen molar-refractivity contribution < 1.29 is 28.6 Å². The van der Waals surface area contributed by atoms with Gasteiger partial charge < -0.3 is 29.7 Å². The van der Waals surface area contributed by atoms with Crippen molar-refractivity contribution in [2.75, 3.05) is 52.4 Å². The van der Waals surface area contributed by atoms with Gasteiger partial charge in [0, 0.05) is 19.3 Å². The van der Waals surface area contributed by atoms with Gasteiger partial charge in [-0.15, -0.1) is 0 Å². The minimum atomic E-state index is -0.464. The molecule has 2 aromatic carbocycles. The average molecular weight is 429 g/mol. The Bertz CT molecular complexity index is 842. The van der Waals surface area contributed by atoms with E-state index in [0.29, 0.717) is 17.2 Å². The van der Waals surface area contributed by atoms with Crippen LogP contribution in [0, 0.1) is 0 Å². The van der Waals surface area contributed by atoms with Crippen LogP contribution in [0.15, 0.2) is 54.6 Å². The maximum atomic E-state index is 12.5. The van der Waals surface area contributed by atoms with Crippen LogP contribution in [0.4, 0.5) is 5.69 Å². The minimum absolute atomic E-state index is 0.209. The highest BCUT2D eigenvalue weighted by Gasteiger charge is 2.18. The lowest BCUT2D eigenvalue weighted by molar-refractivity contribution is -0.138. The van der Waals surface area contributed by atoms with E-state index in [1.54, 1.807) is 55.6 Å². The maximum absolute atomic E-state index is 12.5. The molecule has 0 saturated heterocycles. The Morgan fingerprint density at radius 3 is 2.26 bits per heavy atom. The molecular formula is C22H27N3O6. The third kappa shape index (κ3) is 8.75. The molecule has 3 amide bonds. The van der Waals surface area contributed by atoms with Crippen molar-refractivity contribution in [2.45, 2.75) is 0 Å². The third-order valence-corrected chi connectivity index (χ3v) is 4.18. The van der Waals surface area contributed by atoms with Crippen molar-refractivity contribution in [3.63, 3.8) is 0 Å². The largest absolute Gasteiger partial charge is 0.497 e. The topological polar surface area (TPSA) is 106 Å². The van der Waals surface area contributed by atoms with Gasteiger partial charge in [0.25, 0.3) is 5.91 Å². The van der Waals surface area contributed by atoms with Crippen LogP contribution in [0.5, 0.6) is 11.5 Å². The minimum Gasteiger partial charge on any atom is -0.497 e. The van der Waals surface area contributed by atoms with Crippen LogP contribution in [-0.2, 0) is 19.1 Å². The Balaban J connectivity index is 1.80. The zero-order valence-corrected chi connectivity index (χ0v) is 17.6. The second-order valence-electron chi connectivity index (χ2n) is 6.46. The molecule has 0 aliphatic carbocycles. The molecule has 0 atom stereocenters. The highest BCUT2D eigenvalue weighted by molar-refractivity contribution is 5.95. The molecule has 0 fully saturated rings. The molecule has 0 bridgehead atoms. The lowest BCUT2D eigenvalue weighted by atomic mass is 10.3. The number of carbonyl (C=O) groups excluding carboxylic acids is 3. The first kappa shape index (κ1) is 23.7. The molecule has 166 valence electrons. The molecule has 0 aromatic heterocycles. The molecule has 9 heteroatoms. The summed E-state index contributed by atoms with van der Waals surface area (Å²) in [5, 5.41) is 5.18. The van der Waals surface area contributed by atoms with E-state index in [0.717, 1.165) is 0 Å². The number of para-hydroxylation sites is 1. The summed E-state index contributed by atoms with van der Waals surface area (Å²) >= 11 is 0. The van der Waals surface area contributed by atoms with Gasteiger partial charge in [-0.25, -0.2) is 0 Å². The fourth-order valence-electron chi connectivity index (χ4n) is 2.53. The number of nitrogens with zero attached hydrogens (tertiary/aromatic N) is 1. The Morgan fingerprint density at radius 1 is 0.903 bits per heavy atom. The summed E-state index contributed by atoms with van der Waals surface area (Å²) in [5.74, 6) is 0.0130. The normalized spacial score (nSPS) is 10.1. The van der Waals surface area contributed by atoms with Gasteiger partial charge in [0.15, 0.2) is 6.61 Å². The summed E-state index contributed by atoms with van der Waals surface area (Å²) in [6.07, 6.45) is 0. The number of amides is 3. The molecule has 2 aromatic rings. The Labute approximate surface area is 181 Å². The van der Waals surface area contributed by atoms with E-state index in [2.05, 4.69) is 10.6 Å². The standard InChI is InChI=1S/C22H27N3O6/c1-29-13-12-25(22(28)16-31-19-6-4-3-5-7-19)15-21(27)23-14-20(26)24-17-8-10-18(30-2)11-9-17/h3-11H,12-16H2,1-2H3,(H,23,27)(H,24,26). The van der Waals surface area contributed by atoms with Crippen molar-refractivity contribution in [3.8, 4) is 11.5 Å². The summed E-state index contributed by atoms with van der Waals surface area (Å²) < 4.78 is 15.5. The van der Waals surface area contributed by atoms with Crippen molar-refractivity contribution >= 4 is 23.4 Å². The van der Waals surface area contributed by atoms with Gasteiger partial charge in [0.2, 0.25) is 11.8 Å². The van der Waals surface area contributed by atoms with Gasteiger partial charge in [-0.05, 0) is 36.4 Å². The van der Waals surface area contributed by atoms with Crippen LogP contribution in [0.2, 0.25) is 0 Å². The van der Waals surface area contributed by atoms with E-state index in [9.17, 15) is 14.4 Å². The predicted molar refractivity (Wildman–Crippen MR) is 115 cm³/mol. The van der Waals surface area contributed by atoms with Crippen molar-refractivity contribution in [1.82, 2.24) is 10.2 Å². The number of rotatable bonds is 12. The Hall–Kier alpha value is -3.59. The lowest BCUT2D eigenvalue weighted by Crippen LogP contribution is -2.45. The molecule has 0 aliphatic heterocycles. The van der Waals surface area contributed by atoms with Crippen molar-refractivity contribution in [3.05, 3.63) is 54.6 Å². The van der Waals surface area contributed by atoms with Gasteiger partial charge in [-0.2, -0.15) is 0 Å². The molecule has 0 aliphatic rings. The number of anilines is 1. The van der Waals surface area contributed by atoms with E-state index in [1.807, 2.05) is 6.07 Å². The molecule has 2 N–H and O–H groups in total. The monoisotopic (exact) mass is 429 g/mol. The highest BCUT2D eigenvalue weighted by Crippen LogP contribution is 2.14. The fourth-order valence-corrected chi connectivity index (χ4v) is 2.53. The molecule has 0 spiro atoms. The first-order valence-corrected chi connectivity index (χ1v) is 9.67. The quantitative estimate of drug-likeness (QED) is 0.527. The Kier molecular flexibility index (Phi) is 9.83. The molecule has 31 heavy (non-hydrogen) atoms. The summed E-state index contributed by atoms with van der Waals surface area (Å²) in [7, 11) is 3.06. The van der Waals surface area contributed by atoms with Crippen LogP contribution in [-0.4, -0.2) is 69.7 Å². The van der Waals surface area contributed by atoms with Gasteiger partial charge in [0.05, 0.1) is 26.8 Å². The van der Waals surface area contributed by atoms with Crippen LogP contribution in [0.25, 0.3) is 0 Å². The first-order chi connectivity index (χ1) is 15.0. The van der Waals surface area contributed by atoms with E-state index in [-0.39, 0.29) is 44.7 Å². The predicted octanol–water partition coefficient (Wildman–Crippen LogP) is 1.30. The van der Waals surface area contributed by atoms with Gasteiger partial charge >= 0.3 is 0 Å². The second-order valence-corrected chi connectivity index (χ2v) is 6.46. The van der Waals surface area contributed by atoms with Gasteiger partial charge in [0.1, 0.15) is 11.5 Å². The van der Waals surface area contributed by atoms with Crippen molar-refractivity contribution in [2.24, 2.45) is 0 Å². The zero-order valence-electron chi connectivity index (χ0n) is 17.6. The van der Waals surface area contributed by atoms with Gasteiger partial charge in [-0.1, -0.05) is 18.2 Å². The maximum Gasteiger partial charge on any atom is 0.261 e. The van der Waals surface area contributed by atoms with Crippen LogP contribution >= 0.6 is 0 Å². The highest BCUT2D eigenvalue weighted by atomic mass is 16.5. The van der Waals surface area contributed by atoms with Gasteiger partial charge in [-0.3, -0.25) is 14.4 Å². The van der Waals surface area contributed by atoms with Crippen molar-refractivity contribution in [1.29, 1.82) is 0 Å². The van der Waals surface area contributed by atoms with E-state index in [4.69, 9.17) is 14.2 Å². The first-order valence-electron chi connectivity index (χ1n) is 9.67.